The van der Waals surface area contributed by atoms with E-state index in [1.807, 2.05) is 48.4 Å². The molecule has 1 atom stereocenters. The lowest BCUT2D eigenvalue weighted by molar-refractivity contribution is 0.147. The summed E-state index contributed by atoms with van der Waals surface area (Å²) in [5.41, 5.74) is 3.40. The second kappa shape index (κ2) is 6.68. The fourth-order valence-electron chi connectivity index (χ4n) is 2.24. The van der Waals surface area contributed by atoms with Crippen molar-refractivity contribution in [3.8, 4) is 0 Å². The Kier molecular flexibility index (Phi) is 4.93. The molecule has 0 bridgehead atoms. The fraction of sp³-hybridized carbons (Fsp3) is 0.438. The first-order valence-electron chi connectivity index (χ1n) is 6.95. The van der Waals surface area contributed by atoms with Crippen molar-refractivity contribution in [2.45, 2.75) is 26.0 Å². The Balaban J connectivity index is 1.80. The Morgan fingerprint density at radius 2 is 2.00 bits per heavy atom. The van der Waals surface area contributed by atoms with Crippen LogP contribution in [-0.2, 0) is 13.6 Å². The number of benzene rings is 1. The lowest BCUT2D eigenvalue weighted by Gasteiger charge is -2.18. The lowest BCUT2D eigenvalue weighted by atomic mass is 10.0. The van der Waals surface area contributed by atoms with Crippen LogP contribution in [0.15, 0.2) is 36.7 Å². The van der Waals surface area contributed by atoms with Crippen molar-refractivity contribution < 1.29 is 5.11 Å². The standard InChI is InChI=1S/C16H23N3O/c1-13-4-6-15(7-5-13)16(20)8-9-18(2)11-14-10-17-19(3)12-14/h4-7,10,12,16,20H,8-9,11H2,1-3H3. The molecule has 0 amide bonds. The average molecular weight is 273 g/mol. The summed E-state index contributed by atoms with van der Waals surface area (Å²) in [5.74, 6) is 0. The third-order valence-electron chi connectivity index (χ3n) is 3.46. The second-order valence-electron chi connectivity index (χ2n) is 5.48. The normalized spacial score (nSPS) is 12.8. The molecule has 0 saturated carbocycles. The Morgan fingerprint density at radius 1 is 1.30 bits per heavy atom. The van der Waals surface area contributed by atoms with E-state index in [2.05, 4.69) is 24.0 Å². The van der Waals surface area contributed by atoms with Crippen LogP contribution in [0.2, 0.25) is 0 Å². The number of aliphatic hydroxyl groups is 1. The number of aryl methyl sites for hydroxylation is 2. The quantitative estimate of drug-likeness (QED) is 0.878. The van der Waals surface area contributed by atoms with Crippen LogP contribution >= 0.6 is 0 Å². The average Bonchev–Trinajstić information content (AvgIpc) is 2.82. The van der Waals surface area contributed by atoms with Gasteiger partial charge < -0.3 is 10.0 Å². The van der Waals surface area contributed by atoms with Crippen LogP contribution in [0.25, 0.3) is 0 Å². The summed E-state index contributed by atoms with van der Waals surface area (Å²) < 4.78 is 1.81. The minimum absolute atomic E-state index is 0.396. The Hall–Kier alpha value is -1.65. The highest BCUT2D eigenvalue weighted by molar-refractivity contribution is 5.23. The third-order valence-corrected chi connectivity index (χ3v) is 3.46. The molecule has 108 valence electrons. The number of aromatic nitrogens is 2. The van der Waals surface area contributed by atoms with E-state index < -0.39 is 6.10 Å². The number of rotatable bonds is 6. The van der Waals surface area contributed by atoms with Crippen molar-refractivity contribution in [3.05, 3.63) is 53.3 Å². The third kappa shape index (κ3) is 4.18. The maximum absolute atomic E-state index is 10.2. The summed E-state index contributed by atoms with van der Waals surface area (Å²) in [6.45, 7) is 3.76. The van der Waals surface area contributed by atoms with Crippen molar-refractivity contribution >= 4 is 0 Å². The molecule has 4 nitrogen and oxygen atoms in total. The first-order chi connectivity index (χ1) is 9.54. The first-order valence-corrected chi connectivity index (χ1v) is 6.95. The molecule has 20 heavy (non-hydrogen) atoms. The maximum atomic E-state index is 10.2. The van der Waals surface area contributed by atoms with Crippen molar-refractivity contribution in [1.29, 1.82) is 0 Å². The first kappa shape index (κ1) is 14.8. The van der Waals surface area contributed by atoms with Gasteiger partial charge in [0.15, 0.2) is 0 Å². The number of nitrogens with zero attached hydrogens (tertiary/aromatic N) is 3. The zero-order valence-corrected chi connectivity index (χ0v) is 12.5. The van der Waals surface area contributed by atoms with Crippen LogP contribution in [0, 0.1) is 6.92 Å². The van der Waals surface area contributed by atoms with Gasteiger partial charge in [-0.05, 0) is 26.0 Å². The van der Waals surface area contributed by atoms with Crippen LogP contribution in [-0.4, -0.2) is 33.4 Å². The Bertz CT molecular complexity index is 533. The molecule has 0 aliphatic carbocycles. The molecule has 0 aliphatic heterocycles. The minimum atomic E-state index is -0.396. The molecule has 0 saturated heterocycles. The van der Waals surface area contributed by atoms with E-state index >= 15 is 0 Å². The van der Waals surface area contributed by atoms with Gasteiger partial charge in [-0.3, -0.25) is 4.68 Å². The molecule has 1 aromatic carbocycles. The van der Waals surface area contributed by atoms with E-state index in [0.717, 1.165) is 25.1 Å². The van der Waals surface area contributed by atoms with Gasteiger partial charge in [0.05, 0.1) is 12.3 Å². The van der Waals surface area contributed by atoms with Gasteiger partial charge in [-0.15, -0.1) is 0 Å². The van der Waals surface area contributed by atoms with Gasteiger partial charge >= 0.3 is 0 Å². The zero-order valence-electron chi connectivity index (χ0n) is 12.5. The topological polar surface area (TPSA) is 41.3 Å². The summed E-state index contributed by atoms with van der Waals surface area (Å²) in [7, 11) is 3.99. The molecule has 1 heterocycles. The molecule has 4 heteroatoms. The fourth-order valence-corrected chi connectivity index (χ4v) is 2.24. The molecule has 0 spiro atoms. The summed E-state index contributed by atoms with van der Waals surface area (Å²) in [4.78, 5) is 2.20. The highest BCUT2D eigenvalue weighted by Crippen LogP contribution is 2.17. The highest BCUT2D eigenvalue weighted by atomic mass is 16.3. The van der Waals surface area contributed by atoms with Crippen LogP contribution in [0.5, 0.6) is 0 Å². The van der Waals surface area contributed by atoms with Crippen molar-refractivity contribution in [2.24, 2.45) is 7.05 Å². The van der Waals surface area contributed by atoms with Crippen LogP contribution in [0.4, 0.5) is 0 Å². The van der Waals surface area contributed by atoms with E-state index in [9.17, 15) is 5.11 Å². The van der Waals surface area contributed by atoms with Crippen molar-refractivity contribution in [1.82, 2.24) is 14.7 Å². The highest BCUT2D eigenvalue weighted by Gasteiger charge is 2.09. The van der Waals surface area contributed by atoms with Gasteiger partial charge in [0.25, 0.3) is 0 Å². The lowest BCUT2D eigenvalue weighted by Crippen LogP contribution is -2.20. The molecule has 1 aromatic heterocycles. The zero-order chi connectivity index (χ0) is 14.5. The predicted molar refractivity (Wildman–Crippen MR) is 80.3 cm³/mol. The van der Waals surface area contributed by atoms with Gasteiger partial charge in [-0.1, -0.05) is 29.8 Å². The smallest absolute Gasteiger partial charge is 0.0802 e. The molecule has 2 aromatic rings. The van der Waals surface area contributed by atoms with Crippen molar-refractivity contribution in [3.63, 3.8) is 0 Å². The molecule has 0 aliphatic rings. The van der Waals surface area contributed by atoms with Gasteiger partial charge in [-0.25, -0.2) is 0 Å². The molecular formula is C16H23N3O. The number of hydrogen-bond acceptors (Lipinski definition) is 3. The van der Waals surface area contributed by atoms with Crippen molar-refractivity contribution in [2.75, 3.05) is 13.6 Å². The van der Waals surface area contributed by atoms with Gasteiger partial charge in [0.1, 0.15) is 0 Å². The molecule has 0 fully saturated rings. The maximum Gasteiger partial charge on any atom is 0.0802 e. The second-order valence-corrected chi connectivity index (χ2v) is 5.48. The molecular weight excluding hydrogens is 250 g/mol. The SMILES string of the molecule is Cc1ccc(C(O)CCN(C)Cc2cnn(C)c2)cc1. The molecule has 1 N–H and O–H groups in total. The minimum Gasteiger partial charge on any atom is -0.388 e. The van der Waals surface area contributed by atoms with E-state index in [1.54, 1.807) is 0 Å². The summed E-state index contributed by atoms with van der Waals surface area (Å²) in [6, 6.07) is 8.08. The van der Waals surface area contributed by atoms with Crippen LogP contribution < -0.4 is 0 Å². The number of hydrogen-bond donors (Lipinski definition) is 1. The summed E-state index contributed by atoms with van der Waals surface area (Å²) in [5, 5.41) is 14.3. The Morgan fingerprint density at radius 3 is 2.60 bits per heavy atom. The summed E-state index contributed by atoms with van der Waals surface area (Å²) in [6.07, 6.45) is 4.24. The van der Waals surface area contributed by atoms with E-state index in [1.165, 1.54) is 11.1 Å². The predicted octanol–water partition coefficient (Wildman–Crippen LogP) is 2.28. The summed E-state index contributed by atoms with van der Waals surface area (Å²) >= 11 is 0. The van der Waals surface area contributed by atoms with E-state index in [0.29, 0.717) is 0 Å². The largest absolute Gasteiger partial charge is 0.388 e. The van der Waals surface area contributed by atoms with E-state index in [-0.39, 0.29) is 0 Å². The van der Waals surface area contributed by atoms with Gasteiger partial charge in [0, 0.05) is 31.9 Å². The van der Waals surface area contributed by atoms with Crippen LogP contribution in [0.1, 0.15) is 29.2 Å². The van der Waals surface area contributed by atoms with E-state index in [4.69, 9.17) is 0 Å². The van der Waals surface area contributed by atoms with Gasteiger partial charge in [-0.2, -0.15) is 5.10 Å². The molecule has 0 radical (unpaired) electrons. The number of aliphatic hydroxyl groups excluding tert-OH is 1. The molecule has 2 rings (SSSR count). The Labute approximate surface area is 120 Å². The van der Waals surface area contributed by atoms with Gasteiger partial charge in [0.2, 0.25) is 0 Å². The van der Waals surface area contributed by atoms with Crippen LogP contribution in [0.3, 0.4) is 0 Å². The molecule has 1 unspecified atom stereocenters. The monoisotopic (exact) mass is 273 g/mol.